The molecule has 1 N–H and O–H groups in total. The highest BCUT2D eigenvalue weighted by Gasteiger charge is 2.11. The van der Waals surface area contributed by atoms with Crippen molar-refractivity contribution >= 4 is 64.2 Å². The zero-order valence-electron chi connectivity index (χ0n) is 15.8. The molecule has 0 saturated heterocycles. The predicted octanol–water partition coefficient (Wildman–Crippen LogP) is 5.34. The normalized spacial score (nSPS) is 11.0. The number of H-pyrrole nitrogens is 1. The van der Waals surface area contributed by atoms with E-state index < -0.39 is 0 Å². The number of ether oxygens (including phenoxy) is 1. The number of hydrogen-bond donors (Lipinski definition) is 1. The molecule has 1 aromatic heterocycles. The second kappa shape index (κ2) is 10.6. The van der Waals surface area contributed by atoms with Gasteiger partial charge in [-0.15, -0.1) is 35.6 Å². The number of imidazole rings is 1. The van der Waals surface area contributed by atoms with Gasteiger partial charge in [0.25, 0.3) is 0 Å². The summed E-state index contributed by atoms with van der Waals surface area (Å²) in [6, 6.07) is 11.9. The molecule has 0 unspecified atom stereocenters. The molecule has 5 nitrogen and oxygen atoms in total. The summed E-state index contributed by atoms with van der Waals surface area (Å²) in [6.45, 7) is 3.36. The average Bonchev–Trinajstić information content (AvgIpc) is 3.05. The van der Waals surface area contributed by atoms with E-state index in [1.807, 2.05) is 49.5 Å². The molecule has 0 aliphatic carbocycles. The lowest BCUT2D eigenvalue weighted by Gasteiger charge is -2.25. The number of benzene rings is 2. The van der Waals surface area contributed by atoms with Gasteiger partial charge in [0, 0.05) is 31.1 Å². The summed E-state index contributed by atoms with van der Waals surface area (Å²) >= 11 is 11.8. The van der Waals surface area contributed by atoms with E-state index in [1.54, 1.807) is 7.11 Å². The van der Waals surface area contributed by atoms with Gasteiger partial charge in [-0.3, -0.25) is 4.99 Å². The summed E-state index contributed by atoms with van der Waals surface area (Å²) < 4.78 is 5.57. The van der Waals surface area contributed by atoms with Crippen LogP contribution in [0.5, 0.6) is 5.75 Å². The Labute approximate surface area is 181 Å². The standard InChI is InChI=1S/C20H22Cl2N4O.ClH/c1-14-24-17-5-4-16(12-18(17)25-14)23-13-15-3-6-19(20(11-15)27-2)26(9-7-21)10-8-22;/h3-6,11-13H,7-10H2,1-2H3,(H,24,25);1H. The van der Waals surface area contributed by atoms with Crippen LogP contribution in [0, 0.1) is 6.92 Å². The highest BCUT2D eigenvalue weighted by Crippen LogP contribution is 2.29. The van der Waals surface area contributed by atoms with Crippen LogP contribution in [0.1, 0.15) is 11.4 Å². The molecule has 0 fully saturated rings. The molecule has 3 aromatic rings. The zero-order valence-corrected chi connectivity index (χ0v) is 18.1. The first-order valence-corrected chi connectivity index (χ1v) is 9.77. The maximum absolute atomic E-state index is 5.92. The fourth-order valence-corrected chi connectivity index (χ4v) is 3.36. The molecule has 0 aliphatic heterocycles. The van der Waals surface area contributed by atoms with Crippen molar-refractivity contribution in [3.05, 3.63) is 47.8 Å². The largest absolute Gasteiger partial charge is 0.495 e. The molecule has 3 rings (SSSR count). The van der Waals surface area contributed by atoms with Crippen molar-refractivity contribution in [3.63, 3.8) is 0 Å². The molecule has 0 bridgehead atoms. The molecule has 0 atom stereocenters. The number of rotatable bonds is 8. The number of alkyl halides is 2. The number of nitrogens with zero attached hydrogens (tertiary/aromatic N) is 3. The lowest BCUT2D eigenvalue weighted by atomic mass is 10.2. The predicted molar refractivity (Wildman–Crippen MR) is 122 cm³/mol. The Hall–Kier alpha value is -1.95. The van der Waals surface area contributed by atoms with E-state index in [1.165, 1.54) is 0 Å². The third-order valence-electron chi connectivity index (χ3n) is 4.20. The van der Waals surface area contributed by atoms with Gasteiger partial charge >= 0.3 is 0 Å². The first-order valence-electron chi connectivity index (χ1n) is 8.70. The monoisotopic (exact) mass is 440 g/mol. The lowest BCUT2D eigenvalue weighted by Crippen LogP contribution is -2.28. The third-order valence-corrected chi connectivity index (χ3v) is 4.54. The van der Waals surface area contributed by atoms with Crippen LogP contribution in [0.15, 0.2) is 41.4 Å². The maximum Gasteiger partial charge on any atom is 0.142 e. The topological polar surface area (TPSA) is 53.5 Å². The van der Waals surface area contributed by atoms with Crippen LogP contribution in [0.4, 0.5) is 11.4 Å². The van der Waals surface area contributed by atoms with E-state index in [-0.39, 0.29) is 12.4 Å². The van der Waals surface area contributed by atoms with Crippen molar-refractivity contribution in [2.24, 2.45) is 4.99 Å². The summed E-state index contributed by atoms with van der Waals surface area (Å²) in [6.07, 6.45) is 1.82. The summed E-state index contributed by atoms with van der Waals surface area (Å²) in [4.78, 5) is 14.3. The van der Waals surface area contributed by atoms with E-state index in [9.17, 15) is 0 Å². The Morgan fingerprint density at radius 1 is 1.14 bits per heavy atom. The van der Waals surface area contributed by atoms with Crippen molar-refractivity contribution in [2.75, 3.05) is 36.9 Å². The molecular formula is C20H23Cl3N4O. The minimum absolute atomic E-state index is 0. The van der Waals surface area contributed by atoms with Gasteiger partial charge < -0.3 is 14.6 Å². The Bertz CT molecular complexity index is 936. The van der Waals surface area contributed by atoms with Gasteiger partial charge in [0.05, 0.1) is 29.5 Å². The molecule has 150 valence electrons. The fourth-order valence-electron chi connectivity index (χ4n) is 2.95. The minimum atomic E-state index is 0. The SMILES string of the molecule is COc1cc(C=Nc2ccc3nc(C)[nH]c3c2)ccc1N(CCCl)CCCl.Cl. The molecule has 0 saturated carbocycles. The number of hydrogen-bond acceptors (Lipinski definition) is 4. The summed E-state index contributed by atoms with van der Waals surface area (Å²) in [5.74, 6) is 2.72. The first-order chi connectivity index (χ1) is 13.1. The van der Waals surface area contributed by atoms with Gasteiger partial charge in [-0.1, -0.05) is 6.07 Å². The van der Waals surface area contributed by atoms with Gasteiger partial charge in [-0.2, -0.15) is 0 Å². The summed E-state index contributed by atoms with van der Waals surface area (Å²) in [5, 5.41) is 0. The van der Waals surface area contributed by atoms with Crippen molar-refractivity contribution in [3.8, 4) is 5.75 Å². The number of aromatic amines is 1. The molecule has 0 amide bonds. The van der Waals surface area contributed by atoms with Crippen molar-refractivity contribution < 1.29 is 4.74 Å². The maximum atomic E-state index is 5.92. The number of methoxy groups -OCH3 is 1. The van der Waals surface area contributed by atoms with E-state index in [0.29, 0.717) is 24.8 Å². The summed E-state index contributed by atoms with van der Waals surface area (Å²) in [7, 11) is 1.66. The number of fused-ring (bicyclic) bond motifs is 1. The number of aliphatic imine (C=N–C) groups is 1. The van der Waals surface area contributed by atoms with Gasteiger partial charge in [-0.25, -0.2) is 4.98 Å². The highest BCUT2D eigenvalue weighted by molar-refractivity contribution is 6.18. The van der Waals surface area contributed by atoms with Crippen LogP contribution in [-0.4, -0.2) is 48.1 Å². The molecule has 2 aromatic carbocycles. The van der Waals surface area contributed by atoms with Crippen LogP contribution in [0.3, 0.4) is 0 Å². The molecule has 28 heavy (non-hydrogen) atoms. The van der Waals surface area contributed by atoms with E-state index in [2.05, 4.69) is 19.9 Å². The fraction of sp³-hybridized carbons (Fsp3) is 0.300. The first kappa shape index (κ1) is 22.3. The van der Waals surface area contributed by atoms with Crippen LogP contribution in [-0.2, 0) is 0 Å². The molecule has 0 aliphatic rings. The Kier molecular flexibility index (Phi) is 8.42. The minimum Gasteiger partial charge on any atom is -0.495 e. The number of halogens is 3. The number of aryl methyl sites for hydroxylation is 1. The van der Waals surface area contributed by atoms with Gasteiger partial charge in [0.2, 0.25) is 0 Å². The van der Waals surface area contributed by atoms with Gasteiger partial charge in [0.15, 0.2) is 0 Å². The molecule has 8 heteroatoms. The molecular weight excluding hydrogens is 419 g/mol. The number of aromatic nitrogens is 2. The Morgan fingerprint density at radius 3 is 2.57 bits per heavy atom. The number of nitrogens with one attached hydrogen (secondary N) is 1. The van der Waals surface area contributed by atoms with Crippen molar-refractivity contribution in [2.45, 2.75) is 6.92 Å². The van der Waals surface area contributed by atoms with Gasteiger partial charge in [-0.05, 0) is 42.8 Å². The molecule has 1 heterocycles. The second-order valence-corrected chi connectivity index (χ2v) is 6.83. The van der Waals surface area contributed by atoms with Crippen LogP contribution in [0.25, 0.3) is 11.0 Å². The van der Waals surface area contributed by atoms with E-state index in [0.717, 1.165) is 39.5 Å². The van der Waals surface area contributed by atoms with Gasteiger partial charge in [0.1, 0.15) is 11.6 Å². The van der Waals surface area contributed by atoms with Crippen molar-refractivity contribution in [1.82, 2.24) is 9.97 Å². The zero-order chi connectivity index (χ0) is 19.2. The van der Waals surface area contributed by atoms with Crippen LogP contribution in [0.2, 0.25) is 0 Å². The Balaban J connectivity index is 0.00000280. The van der Waals surface area contributed by atoms with Crippen molar-refractivity contribution in [1.29, 1.82) is 0 Å². The number of anilines is 1. The highest BCUT2D eigenvalue weighted by atomic mass is 35.5. The van der Waals surface area contributed by atoms with Crippen LogP contribution >= 0.6 is 35.6 Å². The molecule has 0 spiro atoms. The smallest absolute Gasteiger partial charge is 0.142 e. The third kappa shape index (κ3) is 5.31. The average molecular weight is 442 g/mol. The lowest BCUT2D eigenvalue weighted by molar-refractivity contribution is 0.414. The van der Waals surface area contributed by atoms with Crippen LogP contribution < -0.4 is 9.64 Å². The van der Waals surface area contributed by atoms with E-state index in [4.69, 9.17) is 27.9 Å². The van der Waals surface area contributed by atoms with E-state index >= 15 is 0 Å². The Morgan fingerprint density at radius 2 is 1.89 bits per heavy atom. The quantitative estimate of drug-likeness (QED) is 0.379. The molecule has 0 radical (unpaired) electrons. The second-order valence-electron chi connectivity index (χ2n) is 6.08. The summed E-state index contributed by atoms with van der Waals surface area (Å²) in [5.41, 5.74) is 4.71.